The van der Waals surface area contributed by atoms with E-state index in [1.54, 1.807) is 30.3 Å². The van der Waals surface area contributed by atoms with Crippen LogP contribution in [0.2, 0.25) is 0 Å². The van der Waals surface area contributed by atoms with Crippen molar-refractivity contribution in [3.63, 3.8) is 0 Å². The van der Waals surface area contributed by atoms with Crippen LogP contribution in [0.3, 0.4) is 0 Å². The number of benzene rings is 1. The molecule has 1 amide bonds. The van der Waals surface area contributed by atoms with Crippen molar-refractivity contribution >= 4 is 5.91 Å². The van der Waals surface area contributed by atoms with Crippen LogP contribution in [0.5, 0.6) is 0 Å². The molecule has 7 nitrogen and oxygen atoms in total. The van der Waals surface area contributed by atoms with E-state index in [2.05, 4.69) is 5.32 Å². The first-order chi connectivity index (χ1) is 9.54. The third-order valence-electron chi connectivity index (χ3n) is 3.24. The van der Waals surface area contributed by atoms with E-state index < -0.39 is 43.2 Å². The summed E-state index contributed by atoms with van der Waals surface area (Å²) in [6.07, 6.45) is -5.47. The van der Waals surface area contributed by atoms with Gasteiger partial charge in [0, 0.05) is 5.56 Å². The van der Waals surface area contributed by atoms with E-state index in [4.69, 9.17) is 9.84 Å². The van der Waals surface area contributed by atoms with Crippen molar-refractivity contribution in [3.8, 4) is 0 Å². The highest BCUT2D eigenvalue weighted by molar-refractivity contribution is 5.94. The predicted molar refractivity (Wildman–Crippen MR) is 67.7 cm³/mol. The molecule has 1 aromatic carbocycles. The molecule has 5 atom stereocenters. The Bertz CT molecular complexity index is 453. The number of carbonyl (C=O) groups is 1. The molecule has 0 aromatic heterocycles. The van der Waals surface area contributed by atoms with Gasteiger partial charge in [0.15, 0.2) is 6.29 Å². The zero-order valence-corrected chi connectivity index (χ0v) is 10.6. The lowest BCUT2D eigenvalue weighted by molar-refractivity contribution is -0.260. The number of amides is 1. The molecule has 0 bridgehead atoms. The summed E-state index contributed by atoms with van der Waals surface area (Å²) in [6, 6.07) is 7.12. The Labute approximate surface area is 115 Å². The van der Waals surface area contributed by atoms with Crippen LogP contribution in [0.25, 0.3) is 0 Å². The molecule has 2 rings (SSSR count). The Morgan fingerprint density at radius 3 is 2.40 bits per heavy atom. The molecule has 110 valence electrons. The van der Waals surface area contributed by atoms with Crippen LogP contribution in [-0.2, 0) is 4.74 Å². The number of ether oxygens (including phenoxy) is 1. The van der Waals surface area contributed by atoms with Crippen LogP contribution in [0, 0.1) is 0 Å². The van der Waals surface area contributed by atoms with Crippen LogP contribution in [-0.4, -0.2) is 63.6 Å². The molecule has 1 saturated heterocycles. The molecule has 0 saturated carbocycles. The van der Waals surface area contributed by atoms with Crippen LogP contribution < -0.4 is 5.32 Å². The summed E-state index contributed by atoms with van der Waals surface area (Å²) in [5, 5.41) is 40.7. The van der Waals surface area contributed by atoms with Gasteiger partial charge in [-0.1, -0.05) is 18.2 Å². The van der Waals surface area contributed by atoms with Gasteiger partial charge in [-0.2, -0.15) is 0 Å². The van der Waals surface area contributed by atoms with E-state index in [1.807, 2.05) is 0 Å². The molecule has 0 unspecified atom stereocenters. The Balaban J connectivity index is 2.11. The van der Waals surface area contributed by atoms with Gasteiger partial charge in [-0.15, -0.1) is 0 Å². The first-order valence-corrected chi connectivity index (χ1v) is 6.21. The van der Waals surface area contributed by atoms with Gasteiger partial charge in [0.2, 0.25) is 0 Å². The second-order valence-corrected chi connectivity index (χ2v) is 4.59. The lowest BCUT2D eigenvalue weighted by atomic mass is 9.96. The van der Waals surface area contributed by atoms with Crippen molar-refractivity contribution < 1.29 is 30.0 Å². The Morgan fingerprint density at radius 1 is 1.15 bits per heavy atom. The minimum atomic E-state index is -1.59. The molecule has 0 spiro atoms. The number of hydrogen-bond acceptors (Lipinski definition) is 6. The average molecular weight is 283 g/mol. The largest absolute Gasteiger partial charge is 0.394 e. The molecule has 20 heavy (non-hydrogen) atoms. The summed E-state index contributed by atoms with van der Waals surface area (Å²) in [5.41, 5.74) is 0.355. The highest BCUT2D eigenvalue weighted by atomic mass is 16.6. The average Bonchev–Trinajstić information content (AvgIpc) is 2.48. The lowest BCUT2D eigenvalue weighted by Gasteiger charge is -2.40. The van der Waals surface area contributed by atoms with Crippen LogP contribution in [0.4, 0.5) is 0 Å². The van der Waals surface area contributed by atoms with Crippen molar-refractivity contribution in [2.75, 3.05) is 6.61 Å². The maximum atomic E-state index is 12.0. The van der Waals surface area contributed by atoms with Gasteiger partial charge in [-0.25, -0.2) is 0 Å². The molecule has 1 aliphatic heterocycles. The molecule has 0 radical (unpaired) electrons. The zero-order valence-electron chi connectivity index (χ0n) is 10.6. The molecular weight excluding hydrogens is 266 g/mol. The van der Waals surface area contributed by atoms with E-state index in [0.717, 1.165) is 0 Å². The SMILES string of the molecule is O=C(N[C@H]1[C@H](O)[C@@H](O)O[C@H](CO)[C@H]1O)c1ccccc1. The minimum absolute atomic E-state index is 0.355. The Morgan fingerprint density at radius 2 is 1.80 bits per heavy atom. The first-order valence-electron chi connectivity index (χ1n) is 6.21. The summed E-state index contributed by atoms with van der Waals surface area (Å²) >= 11 is 0. The molecule has 1 aliphatic rings. The molecule has 1 heterocycles. The van der Waals surface area contributed by atoms with Gasteiger partial charge >= 0.3 is 0 Å². The van der Waals surface area contributed by atoms with Crippen molar-refractivity contribution in [3.05, 3.63) is 35.9 Å². The van der Waals surface area contributed by atoms with Crippen molar-refractivity contribution in [1.82, 2.24) is 5.32 Å². The van der Waals surface area contributed by atoms with Crippen LogP contribution in [0.1, 0.15) is 10.4 Å². The van der Waals surface area contributed by atoms with Crippen molar-refractivity contribution in [2.24, 2.45) is 0 Å². The topological polar surface area (TPSA) is 119 Å². The third-order valence-corrected chi connectivity index (χ3v) is 3.24. The summed E-state index contributed by atoms with van der Waals surface area (Å²) in [6.45, 7) is -0.539. The summed E-state index contributed by atoms with van der Waals surface area (Å²) in [7, 11) is 0. The Kier molecular flexibility index (Phi) is 4.69. The molecule has 1 fully saturated rings. The number of hydrogen-bond donors (Lipinski definition) is 5. The summed E-state index contributed by atoms with van der Waals surface area (Å²) < 4.78 is 4.83. The normalized spacial score (nSPS) is 33.7. The third kappa shape index (κ3) is 2.97. The fourth-order valence-corrected chi connectivity index (χ4v) is 2.10. The quantitative estimate of drug-likeness (QED) is 0.447. The summed E-state index contributed by atoms with van der Waals surface area (Å²) in [4.78, 5) is 12.0. The van der Waals surface area contributed by atoms with Gasteiger partial charge in [-0.3, -0.25) is 4.79 Å². The molecule has 7 heteroatoms. The maximum Gasteiger partial charge on any atom is 0.251 e. The minimum Gasteiger partial charge on any atom is -0.394 e. The van der Waals surface area contributed by atoms with Gasteiger partial charge < -0.3 is 30.5 Å². The predicted octanol–water partition coefficient (Wildman–Crippen LogP) is -1.78. The van der Waals surface area contributed by atoms with E-state index in [1.165, 1.54) is 0 Å². The maximum absolute atomic E-state index is 12.0. The van der Waals surface area contributed by atoms with E-state index in [0.29, 0.717) is 5.56 Å². The summed E-state index contributed by atoms with van der Waals surface area (Å²) in [5.74, 6) is -0.500. The fraction of sp³-hybridized carbons (Fsp3) is 0.462. The van der Waals surface area contributed by atoms with E-state index in [-0.39, 0.29) is 0 Å². The van der Waals surface area contributed by atoms with Gasteiger partial charge in [-0.05, 0) is 12.1 Å². The van der Waals surface area contributed by atoms with Gasteiger partial charge in [0.25, 0.3) is 5.91 Å². The number of aliphatic hydroxyl groups excluding tert-OH is 4. The number of rotatable bonds is 3. The molecule has 1 aromatic rings. The van der Waals surface area contributed by atoms with E-state index >= 15 is 0 Å². The number of nitrogens with one attached hydrogen (secondary N) is 1. The molecule has 5 N–H and O–H groups in total. The standard InChI is InChI=1S/C13H17NO6/c15-6-8-10(16)9(11(17)13(19)20-8)14-12(18)7-4-2-1-3-5-7/h1-5,8-11,13,15-17,19H,6H2,(H,14,18)/t8-,9-,10-,11+,13+/m1/s1. The number of carbonyl (C=O) groups excluding carboxylic acids is 1. The van der Waals surface area contributed by atoms with E-state index in [9.17, 15) is 20.1 Å². The second kappa shape index (κ2) is 6.29. The van der Waals surface area contributed by atoms with Crippen molar-refractivity contribution in [2.45, 2.75) is 30.6 Å². The van der Waals surface area contributed by atoms with Gasteiger partial charge in [0.1, 0.15) is 18.3 Å². The molecule has 0 aliphatic carbocycles. The molecular formula is C13H17NO6. The lowest BCUT2D eigenvalue weighted by Crippen LogP contribution is -2.64. The Hall–Kier alpha value is -1.51. The highest BCUT2D eigenvalue weighted by Crippen LogP contribution is 2.20. The van der Waals surface area contributed by atoms with Crippen molar-refractivity contribution in [1.29, 1.82) is 0 Å². The monoisotopic (exact) mass is 283 g/mol. The smallest absolute Gasteiger partial charge is 0.251 e. The zero-order chi connectivity index (χ0) is 14.7. The van der Waals surface area contributed by atoms with Crippen LogP contribution >= 0.6 is 0 Å². The first kappa shape index (κ1) is 14.9. The highest BCUT2D eigenvalue weighted by Gasteiger charge is 2.44. The second-order valence-electron chi connectivity index (χ2n) is 4.59. The van der Waals surface area contributed by atoms with Gasteiger partial charge in [0.05, 0.1) is 12.6 Å². The van der Waals surface area contributed by atoms with Crippen LogP contribution in [0.15, 0.2) is 30.3 Å². The fourth-order valence-electron chi connectivity index (χ4n) is 2.10. The number of aliphatic hydroxyl groups is 4.